The molecule has 150 valence electrons. The fourth-order valence-electron chi connectivity index (χ4n) is 3.00. The minimum Gasteiger partial charge on any atom is -0.485 e. The number of amides is 1. The predicted molar refractivity (Wildman–Crippen MR) is 112 cm³/mol. The van der Waals surface area contributed by atoms with Crippen LogP contribution in [-0.4, -0.2) is 28.4 Å². The van der Waals surface area contributed by atoms with E-state index >= 15 is 0 Å². The van der Waals surface area contributed by atoms with E-state index in [1.165, 1.54) is 0 Å². The maximum absolute atomic E-state index is 12.9. The molecule has 0 saturated carbocycles. The van der Waals surface area contributed by atoms with Crippen LogP contribution in [0.4, 0.5) is 5.82 Å². The van der Waals surface area contributed by atoms with Crippen LogP contribution < -0.4 is 14.8 Å². The van der Waals surface area contributed by atoms with Gasteiger partial charge in [-0.25, -0.2) is 4.68 Å². The van der Waals surface area contributed by atoms with Crippen LogP contribution in [0.25, 0.3) is 5.69 Å². The van der Waals surface area contributed by atoms with Crippen molar-refractivity contribution in [3.05, 3.63) is 65.3 Å². The van der Waals surface area contributed by atoms with E-state index < -0.39 is 6.10 Å². The van der Waals surface area contributed by atoms with Crippen molar-refractivity contribution in [1.82, 2.24) is 9.78 Å². The van der Waals surface area contributed by atoms with Gasteiger partial charge in [0.1, 0.15) is 12.4 Å². The number of para-hydroxylation sites is 3. The normalized spacial score (nSPS) is 15.8. The van der Waals surface area contributed by atoms with E-state index in [-0.39, 0.29) is 17.9 Å². The number of halogens is 1. The Morgan fingerprint density at radius 1 is 1.14 bits per heavy atom. The highest BCUT2D eigenvalue weighted by molar-refractivity contribution is 6.32. The second-order valence-electron chi connectivity index (χ2n) is 7.88. The van der Waals surface area contributed by atoms with Crippen LogP contribution in [0.2, 0.25) is 5.02 Å². The van der Waals surface area contributed by atoms with E-state index in [9.17, 15) is 4.79 Å². The van der Waals surface area contributed by atoms with Crippen molar-refractivity contribution in [2.45, 2.75) is 32.3 Å². The molecule has 0 aliphatic carbocycles. The maximum atomic E-state index is 12.9. The predicted octanol–water partition coefficient (Wildman–Crippen LogP) is 4.60. The maximum Gasteiger partial charge on any atom is 0.270 e. The Labute approximate surface area is 174 Å². The van der Waals surface area contributed by atoms with Crippen molar-refractivity contribution in [3.63, 3.8) is 0 Å². The molecule has 6 nitrogen and oxygen atoms in total. The highest BCUT2D eigenvalue weighted by Crippen LogP contribution is 2.32. The molecule has 0 spiro atoms. The summed E-state index contributed by atoms with van der Waals surface area (Å²) in [6.07, 6.45) is -0.766. The van der Waals surface area contributed by atoms with E-state index in [1.807, 2.05) is 42.5 Å². The van der Waals surface area contributed by atoms with Gasteiger partial charge in [-0.2, -0.15) is 5.10 Å². The number of carbonyl (C=O) groups is 1. The molecule has 0 bridgehead atoms. The van der Waals surface area contributed by atoms with Gasteiger partial charge in [-0.1, -0.05) is 56.6 Å². The van der Waals surface area contributed by atoms with Gasteiger partial charge in [0.25, 0.3) is 5.91 Å². The molecular formula is C22H22ClN3O3. The van der Waals surface area contributed by atoms with E-state index in [0.717, 1.165) is 5.69 Å². The number of aromatic nitrogens is 2. The van der Waals surface area contributed by atoms with Crippen LogP contribution in [0.15, 0.2) is 54.6 Å². The lowest BCUT2D eigenvalue weighted by molar-refractivity contribution is -0.125. The van der Waals surface area contributed by atoms with E-state index in [1.54, 1.807) is 16.8 Å². The zero-order valence-corrected chi connectivity index (χ0v) is 17.2. The monoisotopic (exact) mass is 411 g/mol. The molecule has 0 saturated heterocycles. The third kappa shape index (κ3) is 3.93. The zero-order chi connectivity index (χ0) is 20.6. The van der Waals surface area contributed by atoms with E-state index in [4.69, 9.17) is 26.2 Å². The summed E-state index contributed by atoms with van der Waals surface area (Å²) in [5, 5.41) is 8.16. The number of anilines is 1. The molecule has 7 heteroatoms. The number of rotatable bonds is 3. The molecular weight excluding hydrogens is 390 g/mol. The van der Waals surface area contributed by atoms with Crippen LogP contribution in [0.5, 0.6) is 11.5 Å². The number of nitrogens with zero attached hydrogens (tertiary/aromatic N) is 2. The van der Waals surface area contributed by atoms with Crippen LogP contribution in [0.1, 0.15) is 26.5 Å². The van der Waals surface area contributed by atoms with Crippen LogP contribution in [-0.2, 0) is 10.2 Å². The summed E-state index contributed by atoms with van der Waals surface area (Å²) in [4.78, 5) is 12.9. The molecule has 2 aromatic carbocycles. The largest absolute Gasteiger partial charge is 0.485 e. The van der Waals surface area contributed by atoms with Crippen molar-refractivity contribution in [1.29, 1.82) is 0 Å². The first kappa shape index (κ1) is 19.3. The summed E-state index contributed by atoms with van der Waals surface area (Å²) in [5.41, 5.74) is 1.32. The zero-order valence-electron chi connectivity index (χ0n) is 16.5. The fraction of sp³-hybridized carbons (Fsp3) is 0.273. The third-order valence-corrected chi connectivity index (χ3v) is 4.93. The number of hydrogen-bond acceptors (Lipinski definition) is 4. The van der Waals surface area contributed by atoms with Crippen LogP contribution in [0, 0.1) is 0 Å². The Bertz CT molecular complexity index is 1060. The Morgan fingerprint density at radius 3 is 2.55 bits per heavy atom. The minimum atomic E-state index is -0.766. The van der Waals surface area contributed by atoms with E-state index in [0.29, 0.717) is 28.0 Å². The summed E-state index contributed by atoms with van der Waals surface area (Å²) in [7, 11) is 0. The molecule has 1 amide bonds. The molecule has 0 fully saturated rings. The van der Waals surface area contributed by atoms with Gasteiger partial charge >= 0.3 is 0 Å². The molecule has 1 aliphatic rings. The minimum absolute atomic E-state index is 0.134. The number of carbonyl (C=O) groups excluding carboxylic acids is 1. The van der Waals surface area contributed by atoms with Gasteiger partial charge in [0.15, 0.2) is 11.5 Å². The Hall–Kier alpha value is -2.99. The average Bonchev–Trinajstić information content (AvgIpc) is 3.12. The van der Waals surface area contributed by atoms with Gasteiger partial charge in [-0.15, -0.1) is 0 Å². The average molecular weight is 412 g/mol. The molecule has 29 heavy (non-hydrogen) atoms. The topological polar surface area (TPSA) is 65.4 Å². The summed E-state index contributed by atoms with van der Waals surface area (Å²) < 4.78 is 13.1. The lowest BCUT2D eigenvalue weighted by Crippen LogP contribution is -2.40. The van der Waals surface area contributed by atoms with Crippen molar-refractivity contribution in [2.24, 2.45) is 0 Å². The van der Waals surface area contributed by atoms with Gasteiger partial charge in [-0.05, 0) is 24.3 Å². The second kappa shape index (κ2) is 7.44. The van der Waals surface area contributed by atoms with Crippen LogP contribution in [0.3, 0.4) is 0 Å². The van der Waals surface area contributed by atoms with Crippen molar-refractivity contribution < 1.29 is 14.3 Å². The Morgan fingerprint density at radius 2 is 1.83 bits per heavy atom. The first-order valence-electron chi connectivity index (χ1n) is 9.38. The smallest absolute Gasteiger partial charge is 0.270 e. The highest BCUT2D eigenvalue weighted by Gasteiger charge is 2.29. The van der Waals surface area contributed by atoms with Crippen molar-refractivity contribution >= 4 is 23.3 Å². The van der Waals surface area contributed by atoms with Gasteiger partial charge in [0.05, 0.1) is 16.4 Å². The Kier molecular flexibility index (Phi) is 4.96. The SMILES string of the molecule is CC(C)(C)c1cc(NC(=O)[C@@H]2COc3ccccc3O2)n(-c2ccccc2Cl)n1. The molecule has 2 heterocycles. The summed E-state index contributed by atoms with van der Waals surface area (Å²) in [5.74, 6) is 1.39. The lowest BCUT2D eigenvalue weighted by atomic mass is 9.92. The molecule has 0 unspecified atom stereocenters. The van der Waals surface area contributed by atoms with Gasteiger partial charge < -0.3 is 14.8 Å². The van der Waals surface area contributed by atoms with Gasteiger partial charge in [0.2, 0.25) is 6.10 Å². The number of fused-ring (bicyclic) bond motifs is 1. The third-order valence-electron chi connectivity index (χ3n) is 4.61. The fourth-order valence-corrected chi connectivity index (χ4v) is 3.22. The van der Waals surface area contributed by atoms with Gasteiger partial charge in [0, 0.05) is 11.5 Å². The number of nitrogens with one attached hydrogen (secondary N) is 1. The Balaban J connectivity index is 1.64. The molecule has 1 N–H and O–H groups in total. The van der Waals surface area contributed by atoms with Crippen LogP contribution >= 0.6 is 11.6 Å². The first-order valence-corrected chi connectivity index (χ1v) is 9.75. The molecule has 1 aromatic heterocycles. The van der Waals surface area contributed by atoms with Crippen molar-refractivity contribution in [2.75, 3.05) is 11.9 Å². The molecule has 3 aromatic rings. The summed E-state index contributed by atoms with van der Waals surface area (Å²) in [6.45, 7) is 6.32. The number of hydrogen-bond donors (Lipinski definition) is 1. The quantitative estimate of drug-likeness (QED) is 0.684. The lowest BCUT2D eigenvalue weighted by Gasteiger charge is -2.25. The first-order chi connectivity index (χ1) is 13.8. The molecule has 0 radical (unpaired) electrons. The second-order valence-corrected chi connectivity index (χ2v) is 8.29. The van der Waals surface area contributed by atoms with Crippen molar-refractivity contribution in [3.8, 4) is 17.2 Å². The molecule has 1 aliphatic heterocycles. The standard InChI is InChI=1S/C22H22ClN3O3/c1-22(2,3)19-12-20(26(25-19)15-9-5-4-8-14(15)23)24-21(27)18-13-28-16-10-6-7-11-17(16)29-18/h4-12,18H,13H2,1-3H3,(H,24,27)/t18-/m0/s1. The number of ether oxygens (including phenoxy) is 2. The summed E-state index contributed by atoms with van der Waals surface area (Å²) >= 11 is 6.38. The van der Waals surface area contributed by atoms with Gasteiger partial charge in [-0.3, -0.25) is 4.79 Å². The number of benzene rings is 2. The molecule has 1 atom stereocenters. The molecule has 4 rings (SSSR count). The summed E-state index contributed by atoms with van der Waals surface area (Å²) in [6, 6.07) is 16.5. The van der Waals surface area contributed by atoms with E-state index in [2.05, 4.69) is 26.1 Å². The highest BCUT2D eigenvalue weighted by atomic mass is 35.5.